The Bertz CT molecular complexity index is 1090. The summed E-state index contributed by atoms with van der Waals surface area (Å²) in [5.41, 5.74) is 0.666. The fourth-order valence-corrected chi connectivity index (χ4v) is 2.64. The fourth-order valence-electron chi connectivity index (χ4n) is 2.64. The maximum Gasteiger partial charge on any atom is 0.420 e. The number of ether oxygens (including phenoxy) is 2. The van der Waals surface area contributed by atoms with Gasteiger partial charge in [-0.1, -0.05) is 30.4 Å². The van der Waals surface area contributed by atoms with Gasteiger partial charge in [0, 0.05) is 12.6 Å². The minimum absolute atomic E-state index is 0.00599. The lowest BCUT2D eigenvalue weighted by atomic mass is 10.2. The molecule has 9 nitrogen and oxygen atoms in total. The summed E-state index contributed by atoms with van der Waals surface area (Å²) in [6.45, 7) is 8.18. The van der Waals surface area contributed by atoms with Gasteiger partial charge in [-0.15, -0.1) is 23.4 Å². The van der Waals surface area contributed by atoms with Gasteiger partial charge in [-0.2, -0.15) is 0 Å². The van der Waals surface area contributed by atoms with E-state index in [0.29, 0.717) is 36.8 Å². The number of para-hydroxylation sites is 1. The molecule has 31 heavy (non-hydrogen) atoms. The van der Waals surface area contributed by atoms with Crippen LogP contribution in [0.15, 0.2) is 74.1 Å². The first-order valence-corrected chi connectivity index (χ1v) is 9.44. The van der Waals surface area contributed by atoms with E-state index in [4.69, 9.17) is 9.47 Å². The lowest BCUT2D eigenvalue weighted by Gasteiger charge is -2.11. The van der Waals surface area contributed by atoms with E-state index in [1.54, 1.807) is 59.4 Å². The van der Waals surface area contributed by atoms with E-state index in [9.17, 15) is 9.59 Å². The van der Waals surface area contributed by atoms with E-state index in [1.807, 2.05) is 0 Å². The number of hydrogen-bond donors (Lipinski definition) is 1. The molecule has 0 radical (unpaired) electrons. The number of hydrogen-bond acceptors (Lipinski definition) is 7. The van der Waals surface area contributed by atoms with Crippen molar-refractivity contribution in [3.63, 3.8) is 0 Å². The van der Waals surface area contributed by atoms with Gasteiger partial charge in [-0.05, 0) is 24.6 Å². The second-order valence-electron chi connectivity index (χ2n) is 6.22. The Morgan fingerprint density at radius 2 is 1.94 bits per heavy atom. The number of nitrogens with one attached hydrogen (secondary N) is 1. The molecule has 0 aliphatic carbocycles. The first-order valence-electron chi connectivity index (χ1n) is 9.44. The lowest BCUT2D eigenvalue weighted by molar-refractivity contribution is 0.0946. The Morgan fingerprint density at radius 1 is 1.10 bits per heavy atom. The van der Waals surface area contributed by atoms with Crippen molar-refractivity contribution in [3.05, 3.63) is 79.7 Å². The van der Waals surface area contributed by atoms with E-state index in [0.717, 1.165) is 0 Å². The van der Waals surface area contributed by atoms with Crippen molar-refractivity contribution in [1.82, 2.24) is 25.1 Å². The normalized spacial score (nSPS) is 10.2. The predicted molar refractivity (Wildman–Crippen MR) is 114 cm³/mol. The molecule has 0 fully saturated rings. The summed E-state index contributed by atoms with van der Waals surface area (Å²) < 4.78 is 12.5. The Morgan fingerprint density at radius 3 is 2.74 bits per heavy atom. The zero-order chi connectivity index (χ0) is 22.1. The highest BCUT2D eigenvalue weighted by atomic mass is 16.6. The Kier molecular flexibility index (Phi) is 7.26. The molecule has 2 heterocycles. The van der Waals surface area contributed by atoms with E-state index < -0.39 is 12.0 Å². The molecule has 3 rings (SSSR count). The molecule has 9 heteroatoms. The van der Waals surface area contributed by atoms with Crippen LogP contribution >= 0.6 is 0 Å². The molecule has 0 saturated heterocycles. The number of benzene rings is 1. The molecule has 1 N–H and O–H groups in total. The van der Waals surface area contributed by atoms with Gasteiger partial charge in [-0.3, -0.25) is 10.1 Å². The number of allylic oxidation sites excluding steroid dienone is 1. The molecule has 0 atom stereocenters. The molecule has 2 amide bonds. The van der Waals surface area contributed by atoms with Crippen LogP contribution in [0.5, 0.6) is 11.6 Å². The second kappa shape index (κ2) is 10.5. The van der Waals surface area contributed by atoms with Crippen molar-refractivity contribution in [3.8, 4) is 23.1 Å². The van der Waals surface area contributed by atoms with Gasteiger partial charge in [0.25, 0.3) is 5.91 Å². The average molecular weight is 419 g/mol. The molecule has 0 spiro atoms. The van der Waals surface area contributed by atoms with Crippen LogP contribution in [0.1, 0.15) is 16.8 Å². The molecule has 1 aromatic carbocycles. The molecule has 0 bridgehead atoms. The number of nitrogens with zero attached hydrogens (tertiary/aromatic N) is 4. The van der Waals surface area contributed by atoms with Gasteiger partial charge in [0.1, 0.15) is 17.8 Å². The van der Waals surface area contributed by atoms with Crippen molar-refractivity contribution in [1.29, 1.82) is 0 Å². The van der Waals surface area contributed by atoms with E-state index in [1.165, 1.54) is 6.07 Å². The van der Waals surface area contributed by atoms with Crippen molar-refractivity contribution >= 4 is 12.0 Å². The van der Waals surface area contributed by atoms with E-state index in [-0.39, 0.29) is 11.4 Å². The van der Waals surface area contributed by atoms with Gasteiger partial charge in [-0.25, -0.2) is 9.78 Å². The highest BCUT2D eigenvalue weighted by molar-refractivity contribution is 6.04. The van der Waals surface area contributed by atoms with Crippen molar-refractivity contribution < 1.29 is 19.1 Å². The average Bonchev–Trinajstić information content (AvgIpc) is 3.23. The summed E-state index contributed by atoms with van der Waals surface area (Å²) in [4.78, 5) is 29.0. The van der Waals surface area contributed by atoms with E-state index >= 15 is 0 Å². The van der Waals surface area contributed by atoms with Crippen LogP contribution in [-0.2, 0) is 6.54 Å². The van der Waals surface area contributed by atoms with E-state index in [2.05, 4.69) is 33.7 Å². The highest BCUT2D eigenvalue weighted by Crippen LogP contribution is 2.19. The minimum Gasteiger partial charge on any atom is -0.492 e. The summed E-state index contributed by atoms with van der Waals surface area (Å²) in [7, 11) is 0. The highest BCUT2D eigenvalue weighted by Gasteiger charge is 2.17. The summed E-state index contributed by atoms with van der Waals surface area (Å²) in [6, 6.07) is 11.5. The lowest BCUT2D eigenvalue weighted by Crippen LogP contribution is -2.33. The maximum atomic E-state index is 12.5. The number of pyridine rings is 1. The molecule has 158 valence electrons. The van der Waals surface area contributed by atoms with Crippen LogP contribution in [0.4, 0.5) is 4.79 Å². The summed E-state index contributed by atoms with van der Waals surface area (Å²) in [6.07, 6.45) is 4.61. The van der Waals surface area contributed by atoms with Gasteiger partial charge in [0.05, 0.1) is 12.2 Å². The molecule has 0 aliphatic rings. The predicted octanol–water partition coefficient (Wildman–Crippen LogP) is 3.41. The van der Waals surface area contributed by atoms with Gasteiger partial charge >= 0.3 is 6.09 Å². The summed E-state index contributed by atoms with van der Waals surface area (Å²) in [5, 5.41) is 10.1. The molecular formula is C22H21N5O4. The minimum atomic E-state index is -0.969. The topological polar surface area (TPSA) is 108 Å². The fraction of sp³-hybridized carbons (Fsp3) is 0.136. The summed E-state index contributed by atoms with van der Waals surface area (Å²) >= 11 is 0. The zero-order valence-corrected chi connectivity index (χ0v) is 16.7. The number of amides is 2. The second-order valence-corrected chi connectivity index (χ2v) is 6.22. The quantitative estimate of drug-likeness (QED) is 0.418. The number of carbonyl (C=O) groups is 2. The van der Waals surface area contributed by atoms with Crippen molar-refractivity contribution in [2.45, 2.75) is 13.0 Å². The SMILES string of the molecule is C=CCCOc1ccccc1C(=O)NC(=O)Oc1cccc(-c2nncn2CC=C)n1. The van der Waals surface area contributed by atoms with Gasteiger partial charge in [0.2, 0.25) is 5.88 Å². The number of rotatable bonds is 9. The molecule has 0 saturated carbocycles. The first kappa shape index (κ1) is 21.4. The molecule has 3 aromatic rings. The maximum absolute atomic E-state index is 12.5. The van der Waals surface area contributed by atoms with Crippen LogP contribution in [0.25, 0.3) is 11.5 Å². The number of carbonyl (C=O) groups excluding carboxylic acids is 2. The third-order valence-corrected chi connectivity index (χ3v) is 4.02. The third kappa shape index (κ3) is 5.63. The van der Waals surface area contributed by atoms with Gasteiger partial charge < -0.3 is 14.0 Å². The zero-order valence-electron chi connectivity index (χ0n) is 16.7. The van der Waals surface area contributed by atoms with Gasteiger partial charge in [0.15, 0.2) is 5.82 Å². The monoisotopic (exact) mass is 419 g/mol. The van der Waals surface area contributed by atoms with Crippen molar-refractivity contribution in [2.24, 2.45) is 0 Å². The first-order chi connectivity index (χ1) is 15.1. The van der Waals surface area contributed by atoms with Crippen LogP contribution in [0, 0.1) is 0 Å². The van der Waals surface area contributed by atoms with Crippen molar-refractivity contribution in [2.75, 3.05) is 6.61 Å². The Labute approximate surface area is 179 Å². The van der Waals surface area contributed by atoms with Crippen LogP contribution in [-0.4, -0.2) is 38.4 Å². The smallest absolute Gasteiger partial charge is 0.420 e. The van der Waals surface area contributed by atoms with Crippen LogP contribution in [0.3, 0.4) is 0 Å². The largest absolute Gasteiger partial charge is 0.492 e. The third-order valence-electron chi connectivity index (χ3n) is 4.02. The molecule has 0 unspecified atom stereocenters. The molecular weight excluding hydrogens is 398 g/mol. The molecule has 0 aliphatic heterocycles. The van der Waals surface area contributed by atoms with Crippen LogP contribution < -0.4 is 14.8 Å². The number of imide groups is 1. The van der Waals surface area contributed by atoms with Crippen LogP contribution in [0.2, 0.25) is 0 Å². The standard InChI is InChI=1S/C22H21N5O4/c1-3-5-14-30-18-11-7-6-9-16(18)21(28)25-22(29)31-19-12-8-10-17(24-19)20-26-23-15-27(20)13-4-2/h3-4,6-12,15H,1-2,5,13-14H2,(H,25,28,29). The Balaban J connectivity index is 1.68. The summed E-state index contributed by atoms with van der Waals surface area (Å²) in [5.74, 6) is 0.205. The number of aromatic nitrogens is 4. The Hall–Kier alpha value is -4.27. The molecule has 2 aromatic heterocycles.